The van der Waals surface area contributed by atoms with E-state index in [0.717, 1.165) is 0 Å². The Morgan fingerprint density at radius 2 is 2.23 bits per heavy atom. The molecule has 0 saturated carbocycles. The quantitative estimate of drug-likeness (QED) is 0.699. The summed E-state index contributed by atoms with van der Waals surface area (Å²) in [5.41, 5.74) is 0.285. The number of rotatable bonds is 1. The Kier molecular flexibility index (Phi) is 2.54. The van der Waals surface area contributed by atoms with Crippen LogP contribution in [-0.2, 0) is 0 Å². The van der Waals surface area contributed by atoms with E-state index in [9.17, 15) is 9.90 Å². The van der Waals surface area contributed by atoms with Crippen molar-refractivity contribution in [2.24, 2.45) is 0 Å². The molecule has 0 aliphatic heterocycles. The number of nitriles is 1. The van der Waals surface area contributed by atoms with E-state index in [-0.39, 0.29) is 27.7 Å². The lowest BCUT2D eigenvalue weighted by Crippen LogP contribution is -1.93. The lowest BCUT2D eigenvalue weighted by Gasteiger charge is -2.02. The third-order valence-electron chi connectivity index (χ3n) is 1.62. The molecule has 1 N–H and O–H groups in total. The van der Waals surface area contributed by atoms with Crippen LogP contribution in [0.4, 0.5) is 0 Å². The largest absolute Gasteiger partial charge is 0.506 e. The van der Waals surface area contributed by atoms with Gasteiger partial charge in [-0.25, -0.2) is 0 Å². The summed E-state index contributed by atoms with van der Waals surface area (Å²) in [7, 11) is 0. The first-order valence-electron chi connectivity index (χ1n) is 3.50. The number of phenols is 1. The normalized spacial score (nSPS) is 9.31. The number of hydrogen-bond donors (Lipinski definition) is 1. The van der Waals surface area contributed by atoms with Crippen LogP contribution in [0.15, 0.2) is 12.1 Å². The molecule has 0 saturated heterocycles. The third kappa shape index (κ3) is 1.63. The summed E-state index contributed by atoms with van der Waals surface area (Å²) in [6, 6.07) is 4.58. The maximum Gasteiger partial charge on any atom is 0.163 e. The Hall–Kier alpha value is -1.53. The number of carbonyl (C=O) groups excluding carboxylic acids is 1. The van der Waals surface area contributed by atoms with E-state index in [0.29, 0.717) is 0 Å². The van der Waals surface area contributed by atoms with Crippen LogP contribution in [0.1, 0.15) is 22.8 Å². The summed E-state index contributed by atoms with van der Waals surface area (Å²) in [5.74, 6) is -0.614. The number of halogens is 1. The summed E-state index contributed by atoms with van der Waals surface area (Å²) in [4.78, 5) is 10.9. The van der Waals surface area contributed by atoms with Gasteiger partial charge in [-0.1, -0.05) is 11.6 Å². The zero-order valence-electron chi connectivity index (χ0n) is 6.84. The van der Waals surface area contributed by atoms with E-state index in [2.05, 4.69) is 0 Å². The topological polar surface area (TPSA) is 61.1 Å². The van der Waals surface area contributed by atoms with Crippen LogP contribution >= 0.6 is 11.6 Å². The minimum absolute atomic E-state index is 0.0739. The second-order valence-electron chi connectivity index (χ2n) is 2.49. The summed E-state index contributed by atoms with van der Waals surface area (Å²) in [6.45, 7) is 1.32. The number of hydrogen-bond acceptors (Lipinski definition) is 3. The molecule has 66 valence electrons. The zero-order valence-corrected chi connectivity index (χ0v) is 7.59. The van der Waals surface area contributed by atoms with E-state index in [1.807, 2.05) is 0 Å². The van der Waals surface area contributed by atoms with Gasteiger partial charge in [-0.3, -0.25) is 4.79 Å². The van der Waals surface area contributed by atoms with Crippen LogP contribution in [0.2, 0.25) is 5.02 Å². The summed E-state index contributed by atoms with van der Waals surface area (Å²) >= 11 is 5.62. The monoisotopic (exact) mass is 195 g/mol. The van der Waals surface area contributed by atoms with Gasteiger partial charge in [-0.15, -0.1) is 0 Å². The Morgan fingerprint density at radius 1 is 1.62 bits per heavy atom. The molecule has 0 spiro atoms. The molecule has 0 amide bonds. The lowest BCUT2D eigenvalue weighted by atomic mass is 10.1. The molecule has 4 heteroatoms. The number of benzene rings is 1. The van der Waals surface area contributed by atoms with Gasteiger partial charge in [0, 0.05) is 0 Å². The van der Waals surface area contributed by atoms with E-state index in [4.69, 9.17) is 16.9 Å². The molecule has 0 atom stereocenters. The first-order valence-corrected chi connectivity index (χ1v) is 3.88. The molecule has 1 rings (SSSR count). The van der Waals surface area contributed by atoms with E-state index in [1.165, 1.54) is 19.1 Å². The maximum absolute atomic E-state index is 10.9. The van der Waals surface area contributed by atoms with Gasteiger partial charge < -0.3 is 5.11 Å². The van der Waals surface area contributed by atoms with Gasteiger partial charge in [0.05, 0.1) is 11.1 Å². The molecule has 0 radical (unpaired) electrons. The molecule has 0 heterocycles. The van der Waals surface area contributed by atoms with Crippen molar-refractivity contribution in [1.29, 1.82) is 5.26 Å². The molecule has 0 aliphatic carbocycles. The van der Waals surface area contributed by atoms with Gasteiger partial charge in [-0.2, -0.15) is 5.26 Å². The fourth-order valence-corrected chi connectivity index (χ4v) is 1.14. The molecule has 0 unspecified atom stereocenters. The average Bonchev–Trinajstić information content (AvgIpc) is 2.09. The van der Waals surface area contributed by atoms with Crippen molar-refractivity contribution in [3.63, 3.8) is 0 Å². The molecule has 1 aromatic rings. The van der Waals surface area contributed by atoms with Gasteiger partial charge in [-0.05, 0) is 19.1 Å². The molecule has 0 fully saturated rings. The van der Waals surface area contributed by atoms with Crippen molar-refractivity contribution in [3.8, 4) is 11.8 Å². The number of aromatic hydroxyl groups is 1. The second kappa shape index (κ2) is 3.46. The van der Waals surface area contributed by atoms with Crippen molar-refractivity contribution >= 4 is 17.4 Å². The third-order valence-corrected chi connectivity index (χ3v) is 2.00. The fraction of sp³-hybridized carbons (Fsp3) is 0.111. The van der Waals surface area contributed by atoms with Crippen LogP contribution in [0.5, 0.6) is 5.75 Å². The first kappa shape index (κ1) is 9.56. The van der Waals surface area contributed by atoms with Crippen molar-refractivity contribution in [3.05, 3.63) is 28.3 Å². The minimum atomic E-state index is -0.326. The van der Waals surface area contributed by atoms with E-state index in [1.54, 1.807) is 6.07 Å². The highest BCUT2D eigenvalue weighted by molar-refractivity contribution is 6.33. The number of Topliss-reactive ketones (excluding diaryl/α,β-unsaturated/α-hetero) is 1. The highest BCUT2D eigenvalue weighted by Crippen LogP contribution is 2.30. The van der Waals surface area contributed by atoms with Gasteiger partial charge in [0.25, 0.3) is 0 Å². The molecule has 0 aromatic heterocycles. The van der Waals surface area contributed by atoms with Gasteiger partial charge in [0.15, 0.2) is 5.78 Å². The van der Waals surface area contributed by atoms with E-state index >= 15 is 0 Å². The van der Waals surface area contributed by atoms with E-state index < -0.39 is 0 Å². The standard InChI is InChI=1S/C9H6ClNO2/c1-5(12)7-3-2-6(4-11)8(10)9(7)13/h2-3,13H,1H3. The van der Waals surface area contributed by atoms with Gasteiger partial charge >= 0.3 is 0 Å². The summed E-state index contributed by atoms with van der Waals surface area (Å²) in [5, 5.41) is 17.8. The molecular weight excluding hydrogens is 190 g/mol. The van der Waals surface area contributed by atoms with Crippen LogP contribution < -0.4 is 0 Å². The molecule has 1 aromatic carbocycles. The Morgan fingerprint density at radius 3 is 2.69 bits per heavy atom. The molecule has 3 nitrogen and oxygen atoms in total. The van der Waals surface area contributed by atoms with Crippen molar-refractivity contribution in [1.82, 2.24) is 0 Å². The molecule has 13 heavy (non-hydrogen) atoms. The van der Waals surface area contributed by atoms with Gasteiger partial charge in [0.2, 0.25) is 0 Å². The van der Waals surface area contributed by atoms with Crippen LogP contribution in [0.3, 0.4) is 0 Å². The summed E-state index contributed by atoms with van der Waals surface area (Å²) in [6.07, 6.45) is 0. The minimum Gasteiger partial charge on any atom is -0.506 e. The average molecular weight is 196 g/mol. The number of phenolic OH excluding ortho intramolecular Hbond substituents is 1. The molecular formula is C9H6ClNO2. The second-order valence-corrected chi connectivity index (χ2v) is 2.87. The smallest absolute Gasteiger partial charge is 0.163 e. The van der Waals surface area contributed by atoms with Crippen molar-refractivity contribution < 1.29 is 9.90 Å². The number of carbonyl (C=O) groups is 1. The highest BCUT2D eigenvalue weighted by atomic mass is 35.5. The van der Waals surface area contributed by atoms with Gasteiger partial charge in [0.1, 0.15) is 16.8 Å². The molecule has 0 aliphatic rings. The fourth-order valence-electron chi connectivity index (χ4n) is 0.935. The Balaban J connectivity index is 3.42. The van der Waals surface area contributed by atoms with Crippen molar-refractivity contribution in [2.45, 2.75) is 6.92 Å². The Labute approximate surface area is 80.2 Å². The zero-order chi connectivity index (χ0) is 10.0. The SMILES string of the molecule is CC(=O)c1ccc(C#N)c(Cl)c1O. The number of nitrogens with zero attached hydrogens (tertiary/aromatic N) is 1. The van der Waals surface area contributed by atoms with Crippen molar-refractivity contribution in [2.75, 3.05) is 0 Å². The summed E-state index contributed by atoms with van der Waals surface area (Å²) < 4.78 is 0. The predicted octanol–water partition coefficient (Wildman–Crippen LogP) is 2.12. The first-order chi connectivity index (χ1) is 6.07. The molecule has 0 bridgehead atoms. The predicted molar refractivity (Wildman–Crippen MR) is 47.8 cm³/mol. The lowest BCUT2D eigenvalue weighted by molar-refractivity contribution is 0.101. The number of ketones is 1. The van der Waals surface area contributed by atoms with Crippen LogP contribution in [0, 0.1) is 11.3 Å². The van der Waals surface area contributed by atoms with Crippen LogP contribution in [-0.4, -0.2) is 10.9 Å². The Bertz CT molecular complexity index is 407. The van der Waals surface area contributed by atoms with Crippen LogP contribution in [0.25, 0.3) is 0 Å². The maximum atomic E-state index is 10.9. The highest BCUT2D eigenvalue weighted by Gasteiger charge is 2.12.